The van der Waals surface area contributed by atoms with E-state index in [-0.39, 0.29) is 0 Å². The van der Waals surface area contributed by atoms with Gasteiger partial charge in [0.1, 0.15) is 0 Å². The zero-order chi connectivity index (χ0) is 15.6. The summed E-state index contributed by atoms with van der Waals surface area (Å²) in [6.07, 6.45) is 8.16. The number of rotatable bonds is 2. The van der Waals surface area contributed by atoms with E-state index in [4.69, 9.17) is 0 Å². The van der Waals surface area contributed by atoms with Crippen LogP contribution >= 0.6 is 0 Å². The monoisotopic (exact) mass is 309 g/mol. The number of hydrogen-bond acceptors (Lipinski definition) is 0. The number of alkyl halides is 3. The van der Waals surface area contributed by atoms with Gasteiger partial charge in [-0.1, -0.05) is 12.1 Å². The van der Waals surface area contributed by atoms with Crippen molar-refractivity contribution in [1.82, 2.24) is 0 Å². The molecule has 0 N–H and O–H groups in total. The molecule has 0 heterocycles. The Bertz CT molecular complexity index is 460. The van der Waals surface area contributed by atoms with E-state index in [1.54, 1.807) is 12.1 Å². The van der Waals surface area contributed by atoms with Crippen molar-refractivity contribution in [2.45, 2.75) is 63.5 Å². The summed E-state index contributed by atoms with van der Waals surface area (Å²) in [6.45, 7) is 0. The molecule has 1 aromatic carbocycles. The van der Waals surface area contributed by atoms with E-state index in [1.165, 1.54) is 50.7 Å². The highest BCUT2D eigenvalue weighted by Gasteiger charge is 2.31. The van der Waals surface area contributed by atoms with Crippen molar-refractivity contribution in [3.05, 3.63) is 41.8 Å². The highest BCUT2D eigenvalue weighted by Crippen LogP contribution is 2.43. The van der Waals surface area contributed by atoms with Crippen molar-refractivity contribution in [2.75, 3.05) is 0 Å². The number of benzene rings is 1. The highest BCUT2D eigenvalue weighted by atomic mass is 19.4. The van der Waals surface area contributed by atoms with Crippen LogP contribution < -0.4 is 0 Å². The van der Waals surface area contributed by atoms with Crippen LogP contribution in [0, 0.1) is 18.3 Å². The van der Waals surface area contributed by atoms with Gasteiger partial charge in [0, 0.05) is 0 Å². The van der Waals surface area contributed by atoms with E-state index in [1.807, 2.05) is 0 Å². The highest BCUT2D eigenvalue weighted by molar-refractivity contribution is 5.27. The van der Waals surface area contributed by atoms with E-state index in [9.17, 15) is 13.2 Å². The Morgan fingerprint density at radius 2 is 1.27 bits per heavy atom. The Morgan fingerprint density at radius 3 is 1.82 bits per heavy atom. The summed E-state index contributed by atoms with van der Waals surface area (Å²) in [7, 11) is 0. The van der Waals surface area contributed by atoms with Crippen molar-refractivity contribution in [2.24, 2.45) is 11.8 Å². The first-order valence-corrected chi connectivity index (χ1v) is 8.53. The van der Waals surface area contributed by atoms with E-state index in [0.717, 1.165) is 30.2 Å². The minimum Gasteiger partial charge on any atom is -0.166 e. The molecule has 2 aliphatic rings. The Hall–Kier alpha value is -0.990. The maximum atomic E-state index is 12.6. The topological polar surface area (TPSA) is 0 Å². The van der Waals surface area contributed by atoms with Gasteiger partial charge >= 0.3 is 6.18 Å². The van der Waals surface area contributed by atoms with Crippen LogP contribution in [0.2, 0.25) is 0 Å². The molecule has 3 rings (SSSR count). The van der Waals surface area contributed by atoms with Crippen molar-refractivity contribution >= 4 is 0 Å². The first-order chi connectivity index (χ1) is 10.5. The fraction of sp³-hybridized carbons (Fsp3) is 0.632. The quantitative estimate of drug-likeness (QED) is 0.595. The van der Waals surface area contributed by atoms with Gasteiger partial charge in [-0.3, -0.25) is 0 Å². The summed E-state index contributed by atoms with van der Waals surface area (Å²) in [5.41, 5.74) is 0.548. The fourth-order valence-corrected chi connectivity index (χ4v) is 4.29. The maximum absolute atomic E-state index is 12.6. The normalized spacial score (nSPS) is 27.8. The molecule has 0 amide bonds. The third-order valence-corrected chi connectivity index (χ3v) is 5.63. The number of hydrogen-bond donors (Lipinski definition) is 0. The van der Waals surface area contributed by atoms with Gasteiger partial charge in [0.25, 0.3) is 0 Å². The minimum absolute atomic E-state index is 0.452. The minimum atomic E-state index is -4.23. The Balaban J connectivity index is 1.57. The second-order valence-electron chi connectivity index (χ2n) is 6.93. The number of halogens is 3. The van der Waals surface area contributed by atoms with Crippen LogP contribution in [0.15, 0.2) is 24.3 Å². The summed E-state index contributed by atoms with van der Waals surface area (Å²) in [6, 6.07) is 5.84. The van der Waals surface area contributed by atoms with E-state index in [0.29, 0.717) is 5.92 Å². The van der Waals surface area contributed by atoms with Gasteiger partial charge in [0.2, 0.25) is 0 Å². The first kappa shape index (κ1) is 15.9. The molecular weight excluding hydrogens is 285 g/mol. The lowest BCUT2D eigenvalue weighted by atomic mass is 9.70. The van der Waals surface area contributed by atoms with Gasteiger partial charge in [0.05, 0.1) is 5.56 Å². The van der Waals surface area contributed by atoms with Gasteiger partial charge in [-0.15, -0.1) is 0 Å². The van der Waals surface area contributed by atoms with Crippen LogP contribution in [-0.2, 0) is 6.18 Å². The second-order valence-corrected chi connectivity index (χ2v) is 6.93. The summed E-state index contributed by atoms with van der Waals surface area (Å²) in [4.78, 5) is 0. The predicted molar refractivity (Wildman–Crippen MR) is 82.4 cm³/mol. The average molecular weight is 309 g/mol. The third-order valence-electron chi connectivity index (χ3n) is 5.63. The van der Waals surface area contributed by atoms with E-state index >= 15 is 0 Å². The molecule has 121 valence electrons. The molecule has 22 heavy (non-hydrogen) atoms. The van der Waals surface area contributed by atoms with Crippen LogP contribution in [0.5, 0.6) is 0 Å². The largest absolute Gasteiger partial charge is 0.416 e. The maximum Gasteiger partial charge on any atom is 0.416 e. The lowest BCUT2D eigenvalue weighted by Crippen LogP contribution is -2.23. The second kappa shape index (κ2) is 6.64. The molecule has 2 fully saturated rings. The van der Waals surface area contributed by atoms with Gasteiger partial charge in [-0.25, -0.2) is 0 Å². The molecule has 1 aromatic rings. The van der Waals surface area contributed by atoms with Crippen LogP contribution in [0.4, 0.5) is 13.2 Å². The van der Waals surface area contributed by atoms with Gasteiger partial charge in [-0.2, -0.15) is 13.2 Å². The Labute approximate surface area is 131 Å². The SMILES string of the molecule is FC(F)(F)c1ccc([C@H]2CC[C@H](C3CC[CH]CC3)CC2)cc1. The molecule has 0 bridgehead atoms. The zero-order valence-corrected chi connectivity index (χ0v) is 12.9. The van der Waals surface area contributed by atoms with Crippen molar-refractivity contribution < 1.29 is 13.2 Å². The third kappa shape index (κ3) is 3.67. The summed E-state index contributed by atoms with van der Waals surface area (Å²) >= 11 is 0. The van der Waals surface area contributed by atoms with Crippen LogP contribution in [0.1, 0.15) is 68.4 Å². The molecule has 1 radical (unpaired) electrons. The fourth-order valence-electron chi connectivity index (χ4n) is 4.29. The van der Waals surface area contributed by atoms with Gasteiger partial charge in [0.15, 0.2) is 0 Å². The molecule has 0 unspecified atom stereocenters. The van der Waals surface area contributed by atoms with Gasteiger partial charge in [-0.05, 0) is 93.2 Å². The van der Waals surface area contributed by atoms with Gasteiger partial charge < -0.3 is 0 Å². The average Bonchev–Trinajstić information content (AvgIpc) is 2.55. The molecule has 3 heteroatoms. The van der Waals surface area contributed by atoms with Crippen molar-refractivity contribution in [3.8, 4) is 0 Å². The molecule has 2 aliphatic carbocycles. The molecule has 0 atom stereocenters. The van der Waals surface area contributed by atoms with Crippen LogP contribution in [0.3, 0.4) is 0 Å². The van der Waals surface area contributed by atoms with Crippen molar-refractivity contribution in [1.29, 1.82) is 0 Å². The summed E-state index contributed by atoms with van der Waals surface area (Å²) < 4.78 is 37.8. The van der Waals surface area contributed by atoms with Crippen LogP contribution in [0.25, 0.3) is 0 Å². The standard InChI is InChI=1S/C19H24F3/c20-19(21,22)18-12-10-17(11-13-18)16-8-6-15(7-9-16)14-4-2-1-3-5-14/h1,10-16H,2-9H2/t15-,16-. The Kier molecular flexibility index (Phi) is 4.79. The summed E-state index contributed by atoms with van der Waals surface area (Å²) in [5.74, 6) is 2.19. The van der Waals surface area contributed by atoms with E-state index < -0.39 is 11.7 Å². The Morgan fingerprint density at radius 1 is 0.727 bits per heavy atom. The lowest BCUT2D eigenvalue weighted by molar-refractivity contribution is -0.137. The molecule has 0 nitrogen and oxygen atoms in total. The first-order valence-electron chi connectivity index (χ1n) is 8.53. The molecular formula is C19H24F3. The molecule has 0 aromatic heterocycles. The van der Waals surface area contributed by atoms with Crippen LogP contribution in [-0.4, -0.2) is 0 Å². The smallest absolute Gasteiger partial charge is 0.166 e. The molecule has 0 aliphatic heterocycles. The summed E-state index contributed by atoms with van der Waals surface area (Å²) in [5, 5.41) is 0. The molecule has 0 saturated heterocycles. The zero-order valence-electron chi connectivity index (χ0n) is 12.9. The molecule has 2 saturated carbocycles. The van der Waals surface area contributed by atoms with Crippen molar-refractivity contribution in [3.63, 3.8) is 0 Å². The predicted octanol–water partition coefficient (Wildman–Crippen LogP) is 6.37. The van der Waals surface area contributed by atoms with E-state index in [2.05, 4.69) is 6.42 Å². The molecule has 0 spiro atoms. The lowest BCUT2D eigenvalue weighted by Gasteiger charge is -2.36.